The van der Waals surface area contributed by atoms with Crippen molar-refractivity contribution >= 4 is 23.9 Å². The number of hydrogen-bond acceptors (Lipinski definition) is 9. The van der Waals surface area contributed by atoms with Gasteiger partial charge in [0, 0.05) is 27.7 Å². The Bertz CT molecular complexity index is 787. The molecule has 1 aliphatic heterocycles. The van der Waals surface area contributed by atoms with Gasteiger partial charge in [-0.25, -0.2) is 0 Å². The Balaban J connectivity index is 0.00000480. The molecular formula is C22H30O9. The Hall–Kier alpha value is -2.94. The van der Waals surface area contributed by atoms with E-state index in [-0.39, 0.29) is 14.0 Å². The van der Waals surface area contributed by atoms with Crippen LogP contribution in [0, 0.1) is 6.92 Å². The summed E-state index contributed by atoms with van der Waals surface area (Å²) < 4.78 is 27.3. The maximum absolute atomic E-state index is 11.8. The van der Waals surface area contributed by atoms with Crippen LogP contribution >= 0.6 is 0 Å². The van der Waals surface area contributed by atoms with Gasteiger partial charge in [-0.2, -0.15) is 0 Å². The van der Waals surface area contributed by atoms with Crippen LogP contribution in [0.2, 0.25) is 0 Å². The minimum absolute atomic E-state index is 0. The van der Waals surface area contributed by atoms with E-state index in [9.17, 15) is 19.2 Å². The number of carbonyl (C=O) groups excluding carboxylic acids is 4. The fourth-order valence-electron chi connectivity index (χ4n) is 3.25. The van der Waals surface area contributed by atoms with E-state index < -0.39 is 54.4 Å². The van der Waals surface area contributed by atoms with Gasteiger partial charge in [-0.15, -0.1) is 0 Å². The SMILES string of the molecule is C.CC(=O)OCC1OC(c2ccc(C)cc2)C(OC(C)=O)C(OC(C)=O)C1OC(C)=O. The molecule has 1 aromatic carbocycles. The fraction of sp³-hybridized carbons (Fsp3) is 0.545. The first-order valence-corrected chi connectivity index (χ1v) is 9.45. The van der Waals surface area contributed by atoms with Gasteiger partial charge in [-0.1, -0.05) is 37.3 Å². The number of aryl methyl sites for hydroxylation is 1. The van der Waals surface area contributed by atoms with Gasteiger partial charge in [-0.05, 0) is 12.5 Å². The molecule has 2 rings (SSSR count). The first-order chi connectivity index (χ1) is 14.1. The van der Waals surface area contributed by atoms with Gasteiger partial charge in [0.05, 0.1) is 0 Å². The lowest BCUT2D eigenvalue weighted by Crippen LogP contribution is -2.59. The zero-order valence-corrected chi connectivity index (χ0v) is 17.6. The zero-order chi connectivity index (χ0) is 22.4. The lowest BCUT2D eigenvalue weighted by Gasteiger charge is -2.44. The topological polar surface area (TPSA) is 114 Å². The quantitative estimate of drug-likeness (QED) is 0.488. The van der Waals surface area contributed by atoms with Gasteiger partial charge in [-0.3, -0.25) is 19.2 Å². The number of benzene rings is 1. The van der Waals surface area contributed by atoms with Crippen LogP contribution in [0.15, 0.2) is 24.3 Å². The number of esters is 4. The molecule has 1 aromatic rings. The molecule has 0 spiro atoms. The van der Waals surface area contributed by atoms with Gasteiger partial charge >= 0.3 is 23.9 Å². The third-order valence-corrected chi connectivity index (χ3v) is 4.40. The summed E-state index contributed by atoms with van der Waals surface area (Å²) in [6.07, 6.45) is -5.23. The summed E-state index contributed by atoms with van der Waals surface area (Å²) in [5.74, 6) is -2.51. The number of rotatable bonds is 6. The molecule has 0 radical (unpaired) electrons. The van der Waals surface area contributed by atoms with Crippen molar-refractivity contribution < 1.29 is 42.9 Å². The average molecular weight is 438 g/mol. The molecule has 172 valence electrons. The summed E-state index contributed by atoms with van der Waals surface area (Å²) in [6, 6.07) is 7.28. The molecular weight excluding hydrogens is 408 g/mol. The van der Waals surface area contributed by atoms with Crippen molar-refractivity contribution in [1.82, 2.24) is 0 Å². The smallest absolute Gasteiger partial charge is 0.303 e. The van der Waals surface area contributed by atoms with Crippen LogP contribution in [0.25, 0.3) is 0 Å². The molecule has 0 saturated carbocycles. The first kappa shape index (κ1) is 26.1. The summed E-state index contributed by atoms with van der Waals surface area (Å²) in [5.41, 5.74) is 1.66. The zero-order valence-electron chi connectivity index (χ0n) is 17.6. The van der Waals surface area contributed by atoms with Gasteiger partial charge in [0.25, 0.3) is 0 Å². The number of carbonyl (C=O) groups is 4. The van der Waals surface area contributed by atoms with Crippen LogP contribution in [0.1, 0.15) is 52.4 Å². The van der Waals surface area contributed by atoms with Crippen molar-refractivity contribution in [2.45, 2.75) is 72.6 Å². The molecule has 0 bridgehead atoms. The molecule has 1 saturated heterocycles. The third-order valence-electron chi connectivity index (χ3n) is 4.40. The van der Waals surface area contributed by atoms with Crippen molar-refractivity contribution in [2.75, 3.05) is 6.61 Å². The Kier molecular flexibility index (Phi) is 9.64. The van der Waals surface area contributed by atoms with Crippen LogP contribution in [-0.4, -0.2) is 54.9 Å². The molecule has 9 nitrogen and oxygen atoms in total. The second-order valence-electron chi connectivity index (χ2n) is 7.03. The Morgan fingerprint density at radius 3 is 1.74 bits per heavy atom. The predicted molar refractivity (Wildman–Crippen MR) is 109 cm³/mol. The van der Waals surface area contributed by atoms with Crippen molar-refractivity contribution in [3.63, 3.8) is 0 Å². The maximum Gasteiger partial charge on any atom is 0.303 e. The van der Waals surface area contributed by atoms with E-state index >= 15 is 0 Å². The van der Waals surface area contributed by atoms with Crippen LogP contribution in [0.4, 0.5) is 0 Å². The lowest BCUT2D eigenvalue weighted by atomic mass is 9.90. The van der Waals surface area contributed by atoms with Crippen LogP contribution in [-0.2, 0) is 42.9 Å². The third kappa shape index (κ3) is 7.36. The highest BCUT2D eigenvalue weighted by Gasteiger charge is 2.52. The molecule has 31 heavy (non-hydrogen) atoms. The highest BCUT2D eigenvalue weighted by molar-refractivity contribution is 5.68. The average Bonchev–Trinajstić information content (AvgIpc) is 2.63. The van der Waals surface area contributed by atoms with Crippen LogP contribution < -0.4 is 0 Å². The van der Waals surface area contributed by atoms with E-state index in [4.69, 9.17) is 23.7 Å². The molecule has 1 aliphatic rings. The fourth-order valence-corrected chi connectivity index (χ4v) is 3.25. The Morgan fingerprint density at radius 2 is 1.26 bits per heavy atom. The molecule has 9 heteroatoms. The van der Waals surface area contributed by atoms with Gasteiger partial charge in [0.15, 0.2) is 18.3 Å². The van der Waals surface area contributed by atoms with Gasteiger partial charge in [0.1, 0.15) is 18.8 Å². The van der Waals surface area contributed by atoms with E-state index in [2.05, 4.69) is 0 Å². The number of hydrogen-bond donors (Lipinski definition) is 0. The second kappa shape index (κ2) is 11.5. The predicted octanol–water partition coefficient (Wildman–Crippen LogP) is 2.43. The summed E-state index contributed by atoms with van der Waals surface area (Å²) in [6.45, 7) is 6.47. The van der Waals surface area contributed by atoms with Crippen molar-refractivity contribution in [3.05, 3.63) is 35.4 Å². The molecule has 5 atom stereocenters. The van der Waals surface area contributed by atoms with Crippen molar-refractivity contribution in [1.29, 1.82) is 0 Å². The monoisotopic (exact) mass is 438 g/mol. The highest BCUT2D eigenvalue weighted by atomic mass is 16.7. The van der Waals surface area contributed by atoms with Gasteiger partial charge in [0.2, 0.25) is 0 Å². The van der Waals surface area contributed by atoms with E-state index in [0.29, 0.717) is 5.56 Å². The standard InChI is InChI=1S/C21H26O9.CH4/c1-11-6-8-16(9-7-11)18-20(28-14(4)24)21(29-15(5)25)19(27-13(3)23)17(30-18)10-26-12(2)22;/h6-9,17-21H,10H2,1-5H3;1H4. The molecule has 0 aromatic heterocycles. The van der Waals surface area contributed by atoms with Crippen molar-refractivity contribution in [2.24, 2.45) is 0 Å². The summed E-state index contributed by atoms with van der Waals surface area (Å²) >= 11 is 0. The van der Waals surface area contributed by atoms with E-state index in [1.54, 1.807) is 12.1 Å². The summed E-state index contributed by atoms with van der Waals surface area (Å²) in [5, 5.41) is 0. The normalized spacial score (nSPS) is 24.9. The van der Waals surface area contributed by atoms with E-state index in [1.165, 1.54) is 27.7 Å². The highest BCUT2D eigenvalue weighted by Crippen LogP contribution is 2.37. The molecule has 0 aliphatic carbocycles. The molecule has 5 unspecified atom stereocenters. The lowest BCUT2D eigenvalue weighted by molar-refractivity contribution is -0.254. The molecule has 0 amide bonds. The van der Waals surface area contributed by atoms with E-state index in [1.807, 2.05) is 19.1 Å². The van der Waals surface area contributed by atoms with Gasteiger partial charge < -0.3 is 23.7 Å². The first-order valence-electron chi connectivity index (χ1n) is 9.45. The van der Waals surface area contributed by atoms with Crippen molar-refractivity contribution in [3.8, 4) is 0 Å². The summed E-state index contributed by atoms with van der Waals surface area (Å²) in [7, 11) is 0. The minimum atomic E-state index is -1.17. The largest absolute Gasteiger partial charge is 0.463 e. The second-order valence-corrected chi connectivity index (χ2v) is 7.03. The Morgan fingerprint density at radius 1 is 0.774 bits per heavy atom. The molecule has 0 N–H and O–H groups in total. The Labute approximate surface area is 181 Å². The minimum Gasteiger partial charge on any atom is -0.463 e. The summed E-state index contributed by atoms with van der Waals surface area (Å²) in [4.78, 5) is 46.7. The maximum atomic E-state index is 11.8. The molecule has 1 fully saturated rings. The van der Waals surface area contributed by atoms with Crippen LogP contribution in [0.5, 0.6) is 0 Å². The van der Waals surface area contributed by atoms with Crippen LogP contribution in [0.3, 0.4) is 0 Å². The van der Waals surface area contributed by atoms with E-state index in [0.717, 1.165) is 5.56 Å². The molecule has 1 heterocycles. The number of ether oxygens (including phenoxy) is 5.